The maximum absolute atomic E-state index is 13.8. The van der Waals surface area contributed by atoms with Gasteiger partial charge in [0, 0.05) is 12.5 Å². The largest absolute Gasteiger partial charge is 0.481 e. The number of benzene rings is 1. The molecule has 2 unspecified atom stereocenters. The topological polar surface area (TPSA) is 55.1 Å². The molecular formula is C14H15FN2O2. The molecule has 5 heteroatoms. The second kappa shape index (κ2) is 4.33. The predicted octanol–water partition coefficient (Wildman–Crippen LogP) is 2.77. The van der Waals surface area contributed by atoms with E-state index in [1.807, 2.05) is 17.6 Å². The van der Waals surface area contributed by atoms with Gasteiger partial charge in [-0.05, 0) is 25.0 Å². The number of nitrogens with zero attached hydrogens (tertiary/aromatic N) is 2. The fraction of sp³-hybridized carbons (Fsp3) is 0.429. The number of aryl methyl sites for hydroxylation is 1. The minimum absolute atomic E-state index is 0.0733. The van der Waals surface area contributed by atoms with Crippen LogP contribution in [0.5, 0.6) is 0 Å². The molecule has 0 bridgehead atoms. The van der Waals surface area contributed by atoms with Gasteiger partial charge < -0.3 is 9.67 Å². The monoisotopic (exact) mass is 262 g/mol. The number of hydrogen-bond acceptors (Lipinski definition) is 2. The molecule has 1 aliphatic carbocycles. The maximum Gasteiger partial charge on any atom is 0.307 e. The molecule has 100 valence electrons. The molecule has 3 rings (SSSR count). The zero-order chi connectivity index (χ0) is 13.6. The van der Waals surface area contributed by atoms with Gasteiger partial charge in [0.1, 0.15) is 11.3 Å². The summed E-state index contributed by atoms with van der Waals surface area (Å²) in [6, 6.07) is 4.89. The van der Waals surface area contributed by atoms with Crippen LogP contribution in [0.1, 0.15) is 31.5 Å². The van der Waals surface area contributed by atoms with Crippen LogP contribution >= 0.6 is 0 Å². The molecular weight excluding hydrogens is 247 g/mol. The highest BCUT2D eigenvalue weighted by molar-refractivity contribution is 5.79. The molecule has 0 saturated heterocycles. The molecule has 1 heterocycles. The van der Waals surface area contributed by atoms with E-state index in [2.05, 4.69) is 4.98 Å². The fourth-order valence-corrected chi connectivity index (χ4v) is 2.63. The number of fused-ring (bicyclic) bond motifs is 1. The Kier molecular flexibility index (Phi) is 2.77. The first kappa shape index (κ1) is 12.1. The number of para-hydroxylation sites is 1. The Labute approximate surface area is 109 Å². The number of carbonyl (C=O) groups is 1. The summed E-state index contributed by atoms with van der Waals surface area (Å²) in [5.74, 6) is -0.859. The van der Waals surface area contributed by atoms with Crippen molar-refractivity contribution in [1.82, 2.24) is 9.55 Å². The molecule has 2 atom stereocenters. The highest BCUT2D eigenvalue weighted by Gasteiger charge is 2.47. The molecule has 2 aromatic rings. The van der Waals surface area contributed by atoms with Crippen LogP contribution in [0.15, 0.2) is 18.2 Å². The molecule has 1 fully saturated rings. The number of aromatic nitrogens is 2. The van der Waals surface area contributed by atoms with Gasteiger partial charge in [-0.1, -0.05) is 13.0 Å². The minimum atomic E-state index is -0.791. The highest BCUT2D eigenvalue weighted by Crippen LogP contribution is 2.47. The predicted molar refractivity (Wildman–Crippen MR) is 68.5 cm³/mol. The summed E-state index contributed by atoms with van der Waals surface area (Å²) < 4.78 is 15.7. The van der Waals surface area contributed by atoms with Crippen molar-refractivity contribution in [2.75, 3.05) is 0 Å². The second-order valence-corrected chi connectivity index (χ2v) is 5.02. The second-order valence-electron chi connectivity index (χ2n) is 5.02. The normalized spacial score (nSPS) is 21.8. The molecule has 0 radical (unpaired) electrons. The van der Waals surface area contributed by atoms with E-state index in [1.165, 1.54) is 6.07 Å². The lowest BCUT2D eigenvalue weighted by atomic mass is 10.3. The van der Waals surface area contributed by atoms with E-state index in [0.29, 0.717) is 17.8 Å². The Morgan fingerprint density at radius 3 is 3.00 bits per heavy atom. The summed E-state index contributed by atoms with van der Waals surface area (Å²) in [6.07, 6.45) is 1.50. The van der Waals surface area contributed by atoms with Gasteiger partial charge in [-0.2, -0.15) is 0 Å². The van der Waals surface area contributed by atoms with Crippen LogP contribution in [-0.4, -0.2) is 20.6 Å². The van der Waals surface area contributed by atoms with E-state index in [4.69, 9.17) is 5.11 Å². The van der Waals surface area contributed by atoms with Gasteiger partial charge in [0.05, 0.1) is 11.4 Å². The van der Waals surface area contributed by atoms with Gasteiger partial charge >= 0.3 is 5.97 Å². The SMILES string of the molecule is CCCn1c(C2CC2C(=O)O)nc2c(F)cccc21. The lowest BCUT2D eigenvalue weighted by molar-refractivity contribution is -0.138. The van der Waals surface area contributed by atoms with Crippen LogP contribution in [-0.2, 0) is 11.3 Å². The summed E-state index contributed by atoms with van der Waals surface area (Å²) in [5, 5.41) is 9.02. The molecule has 4 nitrogen and oxygen atoms in total. The average Bonchev–Trinajstić information content (AvgIpc) is 3.09. The standard InChI is InChI=1S/C14H15FN2O2/c1-2-6-17-11-5-3-4-10(15)12(11)16-13(17)8-7-9(8)14(18)19/h3-5,8-9H,2,6-7H2,1H3,(H,18,19). The van der Waals surface area contributed by atoms with Crippen LogP contribution in [0.2, 0.25) is 0 Å². The first-order valence-corrected chi connectivity index (χ1v) is 6.51. The fourth-order valence-electron chi connectivity index (χ4n) is 2.63. The van der Waals surface area contributed by atoms with Crippen LogP contribution in [0.3, 0.4) is 0 Å². The van der Waals surface area contributed by atoms with E-state index >= 15 is 0 Å². The molecule has 1 saturated carbocycles. The van der Waals surface area contributed by atoms with Gasteiger partial charge in [0.15, 0.2) is 5.82 Å². The summed E-state index contributed by atoms with van der Waals surface area (Å²) in [5.41, 5.74) is 1.11. The number of rotatable bonds is 4. The van der Waals surface area contributed by atoms with Crippen LogP contribution in [0.4, 0.5) is 4.39 Å². The lowest BCUT2D eigenvalue weighted by Gasteiger charge is -2.06. The van der Waals surface area contributed by atoms with E-state index in [9.17, 15) is 9.18 Å². The lowest BCUT2D eigenvalue weighted by Crippen LogP contribution is -2.05. The van der Waals surface area contributed by atoms with Gasteiger partial charge in [-0.25, -0.2) is 9.37 Å². The van der Waals surface area contributed by atoms with Crippen molar-refractivity contribution in [3.05, 3.63) is 29.8 Å². The Bertz CT molecular complexity index is 650. The number of halogens is 1. The molecule has 0 spiro atoms. The van der Waals surface area contributed by atoms with E-state index in [1.54, 1.807) is 6.07 Å². The van der Waals surface area contributed by atoms with Crippen molar-refractivity contribution in [3.63, 3.8) is 0 Å². The zero-order valence-electron chi connectivity index (χ0n) is 10.6. The van der Waals surface area contributed by atoms with Gasteiger partial charge in [0.2, 0.25) is 0 Å². The highest BCUT2D eigenvalue weighted by atomic mass is 19.1. The van der Waals surface area contributed by atoms with Gasteiger partial charge in [-0.3, -0.25) is 4.79 Å². The number of hydrogen-bond donors (Lipinski definition) is 1. The number of aliphatic carboxylic acids is 1. The summed E-state index contributed by atoms with van der Waals surface area (Å²) in [4.78, 5) is 15.3. The Morgan fingerprint density at radius 2 is 2.37 bits per heavy atom. The van der Waals surface area contributed by atoms with Crippen molar-refractivity contribution in [2.24, 2.45) is 5.92 Å². The molecule has 1 aromatic carbocycles. The quantitative estimate of drug-likeness (QED) is 0.921. The number of carboxylic acids is 1. The minimum Gasteiger partial charge on any atom is -0.481 e. The summed E-state index contributed by atoms with van der Waals surface area (Å²) in [7, 11) is 0. The third kappa shape index (κ3) is 1.89. The first-order chi connectivity index (χ1) is 9.13. The summed E-state index contributed by atoms with van der Waals surface area (Å²) in [6.45, 7) is 2.77. The Hall–Kier alpha value is -1.91. The van der Waals surface area contributed by atoms with Crippen LogP contribution in [0.25, 0.3) is 11.0 Å². The summed E-state index contributed by atoms with van der Waals surface area (Å²) >= 11 is 0. The van der Waals surface area contributed by atoms with Crippen LogP contribution in [0, 0.1) is 11.7 Å². The van der Waals surface area contributed by atoms with E-state index in [0.717, 1.165) is 18.5 Å². The maximum atomic E-state index is 13.8. The van der Waals surface area contributed by atoms with Crippen LogP contribution < -0.4 is 0 Å². The van der Waals surface area contributed by atoms with Crippen molar-refractivity contribution in [1.29, 1.82) is 0 Å². The van der Waals surface area contributed by atoms with E-state index < -0.39 is 5.97 Å². The molecule has 19 heavy (non-hydrogen) atoms. The third-order valence-electron chi connectivity index (χ3n) is 3.65. The van der Waals surface area contributed by atoms with Gasteiger partial charge in [-0.15, -0.1) is 0 Å². The van der Waals surface area contributed by atoms with Crippen molar-refractivity contribution >= 4 is 17.0 Å². The molecule has 1 aliphatic rings. The molecule has 1 aromatic heterocycles. The molecule has 0 aliphatic heterocycles. The molecule has 0 amide bonds. The number of carboxylic acid groups (broad SMARTS) is 1. The number of imidazole rings is 1. The average molecular weight is 262 g/mol. The Balaban J connectivity index is 2.11. The van der Waals surface area contributed by atoms with Gasteiger partial charge in [0.25, 0.3) is 0 Å². The van der Waals surface area contributed by atoms with Crippen molar-refractivity contribution < 1.29 is 14.3 Å². The van der Waals surface area contributed by atoms with Crippen molar-refractivity contribution in [3.8, 4) is 0 Å². The first-order valence-electron chi connectivity index (χ1n) is 6.51. The third-order valence-corrected chi connectivity index (χ3v) is 3.65. The smallest absolute Gasteiger partial charge is 0.307 e. The zero-order valence-corrected chi connectivity index (χ0v) is 10.6. The van der Waals surface area contributed by atoms with E-state index in [-0.39, 0.29) is 17.7 Å². The Morgan fingerprint density at radius 1 is 1.58 bits per heavy atom. The molecule has 1 N–H and O–H groups in total. The van der Waals surface area contributed by atoms with Crippen molar-refractivity contribution in [2.45, 2.75) is 32.2 Å².